The fourth-order valence-electron chi connectivity index (χ4n) is 5.09. The third-order valence-corrected chi connectivity index (χ3v) is 10.1. The Kier molecular flexibility index (Phi) is 7.83. The van der Waals surface area contributed by atoms with E-state index in [1.165, 1.54) is 35.1 Å². The molecule has 6 N–H and O–H groups in total. The number of amides is 2. The van der Waals surface area contributed by atoms with Crippen molar-refractivity contribution in [1.29, 1.82) is 5.41 Å². The number of aromatic nitrogens is 3. The van der Waals surface area contributed by atoms with Gasteiger partial charge in [0, 0.05) is 50.2 Å². The van der Waals surface area contributed by atoms with Crippen LogP contribution in [0.5, 0.6) is 0 Å². The Hall–Kier alpha value is -4.74. The Morgan fingerprint density at radius 1 is 1.32 bits per heavy atom. The van der Waals surface area contributed by atoms with Crippen molar-refractivity contribution in [2.75, 3.05) is 18.6 Å². The number of carbonyl (C=O) groups excluding carboxylic acids is 3. The number of thioether (sulfide) groups is 1. The van der Waals surface area contributed by atoms with E-state index < -0.39 is 29.2 Å². The monoisotopic (exact) mass is 651 g/mol. The number of pyridine rings is 1. The number of carboxylic acid groups (broad SMARTS) is 1. The smallest absolute Gasteiger partial charge is 0.276 e. The zero-order valence-electron chi connectivity index (χ0n) is 23.1. The molecule has 2 aliphatic rings. The van der Waals surface area contributed by atoms with Crippen LogP contribution in [0.25, 0.3) is 10.9 Å². The summed E-state index contributed by atoms with van der Waals surface area (Å²) in [5, 5.41) is 30.3. The highest BCUT2D eigenvalue weighted by atomic mass is 32.2. The molecule has 0 bridgehead atoms. The maximum Gasteiger partial charge on any atom is 0.276 e. The normalized spacial score (nSPS) is 18.2. The summed E-state index contributed by atoms with van der Waals surface area (Å²) < 4.78 is 3.93. The molecule has 17 heteroatoms. The zero-order valence-corrected chi connectivity index (χ0v) is 25.5. The van der Waals surface area contributed by atoms with Gasteiger partial charge in [-0.2, -0.15) is 4.57 Å². The molecule has 4 aromatic heterocycles. The zero-order chi connectivity index (χ0) is 31.1. The molecule has 0 spiro atoms. The second-order valence-corrected chi connectivity index (χ2v) is 12.9. The van der Waals surface area contributed by atoms with Crippen LogP contribution in [-0.2, 0) is 32.3 Å². The van der Waals surface area contributed by atoms with Gasteiger partial charge in [-0.05, 0) is 12.1 Å². The maximum absolute atomic E-state index is 13.2. The number of thiophene rings is 1. The molecule has 6 heterocycles. The number of hydrogen-bond acceptors (Lipinski definition) is 12. The highest BCUT2D eigenvalue weighted by Gasteiger charge is 2.53. The number of anilines is 1. The van der Waals surface area contributed by atoms with Gasteiger partial charge in [0.05, 0.1) is 18.2 Å². The molecule has 0 saturated carbocycles. The number of β-lactam (4-membered cyclic amide) rings is 1. The van der Waals surface area contributed by atoms with Gasteiger partial charge in [0.1, 0.15) is 35.6 Å². The second kappa shape index (κ2) is 11.7. The Balaban J connectivity index is 1.21. The summed E-state index contributed by atoms with van der Waals surface area (Å²) in [6, 6.07) is 4.84. The van der Waals surface area contributed by atoms with E-state index in [4.69, 9.17) is 21.7 Å². The number of carbonyl (C=O) groups is 3. The summed E-state index contributed by atoms with van der Waals surface area (Å²) in [5.74, 6) is -2.41. The van der Waals surface area contributed by atoms with E-state index >= 15 is 0 Å². The van der Waals surface area contributed by atoms with Gasteiger partial charge < -0.3 is 36.1 Å². The number of nitrogens with zero attached hydrogens (tertiary/aromatic N) is 5. The van der Waals surface area contributed by atoms with Crippen molar-refractivity contribution in [3.8, 4) is 0 Å². The first-order valence-electron chi connectivity index (χ1n) is 13.1. The largest absolute Gasteiger partial charge is 0.543 e. The van der Waals surface area contributed by atoms with Crippen LogP contribution in [-0.4, -0.2) is 68.1 Å². The highest BCUT2D eigenvalue weighted by Crippen LogP contribution is 2.40. The summed E-state index contributed by atoms with van der Waals surface area (Å²) in [6.45, 7) is 0.798. The molecule has 2 aliphatic heterocycles. The van der Waals surface area contributed by atoms with Crippen molar-refractivity contribution >= 4 is 79.8 Å². The fourth-order valence-corrected chi connectivity index (χ4v) is 7.86. The quantitative estimate of drug-likeness (QED) is 0.0588. The summed E-state index contributed by atoms with van der Waals surface area (Å²) in [5.41, 5.74) is 13.3. The van der Waals surface area contributed by atoms with E-state index in [9.17, 15) is 19.5 Å². The Bertz CT molecular complexity index is 1890. The van der Waals surface area contributed by atoms with Gasteiger partial charge >= 0.3 is 0 Å². The lowest BCUT2D eigenvalue weighted by Gasteiger charge is -2.50. The first-order chi connectivity index (χ1) is 21.1. The van der Waals surface area contributed by atoms with E-state index in [1.54, 1.807) is 5.38 Å². The number of oxime groups is 1. The van der Waals surface area contributed by atoms with Gasteiger partial charge in [0.2, 0.25) is 0 Å². The van der Waals surface area contributed by atoms with Crippen LogP contribution < -0.4 is 26.5 Å². The lowest BCUT2D eigenvalue weighted by Crippen LogP contribution is -2.71. The number of nitrogen functional groups attached to an aromatic ring is 2. The molecule has 14 nitrogen and oxygen atoms in total. The van der Waals surface area contributed by atoms with Gasteiger partial charge in [-0.3, -0.25) is 19.9 Å². The number of fused-ring (bicyclic) bond motifs is 2. The molecule has 6 rings (SSSR count). The van der Waals surface area contributed by atoms with Crippen LogP contribution >= 0.6 is 34.4 Å². The number of hydrogen-bond donors (Lipinski definition) is 4. The van der Waals surface area contributed by atoms with Crippen LogP contribution in [0.2, 0.25) is 0 Å². The molecule has 226 valence electrons. The summed E-state index contributed by atoms with van der Waals surface area (Å²) >= 11 is 3.99. The average molecular weight is 652 g/mol. The van der Waals surface area contributed by atoms with Crippen LogP contribution in [0.3, 0.4) is 0 Å². The van der Waals surface area contributed by atoms with Crippen molar-refractivity contribution in [2.24, 2.45) is 10.9 Å². The number of amidine groups is 1. The van der Waals surface area contributed by atoms with Gasteiger partial charge in [-0.25, -0.2) is 4.98 Å². The van der Waals surface area contributed by atoms with Crippen LogP contribution in [0, 0.1) is 5.41 Å². The Morgan fingerprint density at radius 3 is 2.82 bits per heavy atom. The molecule has 44 heavy (non-hydrogen) atoms. The van der Waals surface area contributed by atoms with Gasteiger partial charge in [-0.15, -0.1) is 34.4 Å². The lowest BCUT2D eigenvalue weighted by molar-refractivity contribution is -0.687. The second-order valence-electron chi connectivity index (χ2n) is 9.91. The summed E-state index contributed by atoms with van der Waals surface area (Å²) in [7, 11) is 1.27. The summed E-state index contributed by atoms with van der Waals surface area (Å²) in [4.78, 5) is 49.6. The molecule has 0 aliphatic carbocycles. The molecule has 1 fully saturated rings. The van der Waals surface area contributed by atoms with Gasteiger partial charge in [0.15, 0.2) is 29.8 Å². The molecule has 0 radical (unpaired) electrons. The predicted molar refractivity (Wildman–Crippen MR) is 164 cm³/mol. The number of rotatable bonds is 10. The molecule has 2 atom stereocenters. The number of thiazole rings is 1. The van der Waals surface area contributed by atoms with Crippen molar-refractivity contribution in [1.82, 2.24) is 19.8 Å². The minimum Gasteiger partial charge on any atom is -0.543 e. The molecule has 0 aromatic carbocycles. The number of nitrogens with two attached hydrogens (primary N) is 2. The molecule has 4 aromatic rings. The van der Waals surface area contributed by atoms with Crippen molar-refractivity contribution in [3.63, 3.8) is 0 Å². The van der Waals surface area contributed by atoms with Crippen LogP contribution in [0.15, 0.2) is 64.0 Å². The van der Waals surface area contributed by atoms with E-state index in [-0.39, 0.29) is 34.6 Å². The number of aliphatic carboxylic acids is 1. The fraction of sp³-hybridized carbons (Fsp3) is 0.222. The lowest BCUT2D eigenvalue weighted by atomic mass is 10.0. The van der Waals surface area contributed by atoms with Crippen LogP contribution in [0.4, 0.5) is 5.13 Å². The number of carboxylic acids is 1. The van der Waals surface area contributed by atoms with E-state index in [1.807, 2.05) is 46.7 Å². The van der Waals surface area contributed by atoms with Crippen LogP contribution in [0.1, 0.15) is 16.1 Å². The molecule has 0 unspecified atom stereocenters. The number of nitrogens with one attached hydrogen (secondary N) is 2. The van der Waals surface area contributed by atoms with Crippen molar-refractivity contribution < 1.29 is 28.9 Å². The summed E-state index contributed by atoms with van der Waals surface area (Å²) in [6.07, 6.45) is 5.74. The maximum atomic E-state index is 13.2. The minimum atomic E-state index is -1.47. The van der Waals surface area contributed by atoms with Gasteiger partial charge in [0.25, 0.3) is 11.8 Å². The van der Waals surface area contributed by atoms with Crippen molar-refractivity contribution in [3.05, 3.63) is 75.0 Å². The third kappa shape index (κ3) is 5.40. The van der Waals surface area contributed by atoms with E-state index in [2.05, 4.69) is 20.0 Å². The molecule has 2 amide bonds. The predicted octanol–water partition coefficient (Wildman–Crippen LogP) is -0.184. The third-order valence-electron chi connectivity index (χ3n) is 7.13. The molecular formula is C27H25N9O5S3. The van der Waals surface area contributed by atoms with Crippen molar-refractivity contribution in [2.45, 2.75) is 24.5 Å². The van der Waals surface area contributed by atoms with Gasteiger partial charge in [-0.1, -0.05) is 5.16 Å². The van der Waals surface area contributed by atoms with E-state index in [0.29, 0.717) is 23.4 Å². The topological polar surface area (TPSA) is 209 Å². The molecular weight excluding hydrogens is 627 g/mol. The standard InChI is InChI=1S/C27H25N9O5S3/c1-41-33-19(17-12-44-27(30)31-17)23(37)32-20-24(38)36-21(26(39)40)15(11-43-25(20)36)7-34-4-2-13-3-5-35(18(13)9-34)8-16-6-14(10-42-16)22(28)29/h2-6,9-10,12,20,25H,7-8,11H2,1H3,(H6-,28,29,30,31,32,37,39,40)/b33-19-/t20-,25-/m1/s1. The minimum absolute atomic E-state index is 0.0209. The Morgan fingerprint density at radius 2 is 2.14 bits per heavy atom. The highest BCUT2D eigenvalue weighted by molar-refractivity contribution is 8.00. The van der Waals surface area contributed by atoms with E-state index in [0.717, 1.165) is 27.1 Å². The Labute approximate surface area is 262 Å². The molecule has 1 saturated heterocycles. The first kappa shape index (κ1) is 29.3. The SMILES string of the molecule is CO/N=C(\C(=O)N[C@@H]1C(=O)N2C(C(=O)[O-])=C(C[n+]3ccc4ccn(Cc5cc(C(=N)N)cs5)c4c3)CS[C@H]12)c1csc(N)n1. The first-order valence-corrected chi connectivity index (χ1v) is 15.9. The average Bonchev–Trinajstić information content (AvgIpc) is 3.75.